The Balaban J connectivity index is 2.09. The van der Waals surface area contributed by atoms with Crippen LogP contribution in [0.1, 0.15) is 63.5 Å². The molecule has 1 unspecified atom stereocenters. The number of carbonyl (C=O) groups is 2. The summed E-state index contributed by atoms with van der Waals surface area (Å²) in [4.78, 5) is 28.4. The van der Waals surface area contributed by atoms with Gasteiger partial charge in [-0.05, 0) is 34.8 Å². The lowest BCUT2D eigenvalue weighted by Gasteiger charge is -2.52. The fraction of sp³-hybridized carbons (Fsp3) is 0.429. The van der Waals surface area contributed by atoms with Crippen molar-refractivity contribution in [2.45, 2.75) is 70.3 Å². The summed E-state index contributed by atoms with van der Waals surface area (Å²) in [6, 6.07) is 15.9. The molecule has 1 heterocycles. The van der Waals surface area contributed by atoms with Crippen LogP contribution in [-0.4, -0.2) is 37.7 Å². The number of para-hydroxylation sites is 1. The van der Waals surface area contributed by atoms with Gasteiger partial charge in [0.05, 0.1) is 0 Å². The largest absolute Gasteiger partial charge is 0.489 e. The molecule has 0 radical (unpaired) electrons. The topological polar surface area (TPSA) is 55.8 Å². The fourth-order valence-electron chi connectivity index (χ4n) is 5.46. The number of hydrogen-bond donors (Lipinski definition) is 0. The zero-order chi connectivity index (χ0) is 25.0. The zero-order valence-electron chi connectivity index (χ0n) is 21.2. The van der Waals surface area contributed by atoms with Crippen LogP contribution in [0, 0.1) is 0 Å². The Morgan fingerprint density at radius 1 is 0.971 bits per heavy atom. The van der Waals surface area contributed by atoms with E-state index in [9.17, 15) is 9.59 Å². The Morgan fingerprint density at radius 2 is 1.53 bits per heavy atom. The SMILES string of the molecule is C=CCOc1ccccc1C1[C@@H](O[Si](C(C)C)(C(C)C)C(C)C)C(=O)N1C(=O)c1ccccc1. The highest BCUT2D eigenvalue weighted by molar-refractivity contribution is 6.77. The molecule has 34 heavy (non-hydrogen) atoms. The molecule has 2 atom stereocenters. The second-order valence-electron chi connectivity index (χ2n) is 9.82. The van der Waals surface area contributed by atoms with E-state index in [0.717, 1.165) is 5.56 Å². The molecule has 1 aliphatic heterocycles. The molecule has 1 aliphatic rings. The standard InChI is InChI=1S/C28H37NO4Si/c1-8-18-32-24-17-13-12-16-23(24)25-26(33-34(19(2)3,20(4)5)21(6)7)28(31)29(25)27(30)22-14-10-9-11-15-22/h8-17,19-21,25-26H,1,18H2,2-7H3/t25?,26-/m1/s1. The molecule has 182 valence electrons. The summed E-state index contributed by atoms with van der Waals surface area (Å²) in [6.07, 6.45) is 0.956. The van der Waals surface area contributed by atoms with E-state index in [1.807, 2.05) is 30.3 Å². The van der Waals surface area contributed by atoms with Gasteiger partial charge in [0.15, 0.2) is 6.10 Å². The number of ether oxygens (including phenoxy) is 1. The van der Waals surface area contributed by atoms with E-state index in [4.69, 9.17) is 9.16 Å². The van der Waals surface area contributed by atoms with Gasteiger partial charge in [-0.1, -0.05) is 90.6 Å². The van der Waals surface area contributed by atoms with Crippen LogP contribution in [-0.2, 0) is 9.22 Å². The Bertz CT molecular complexity index is 996. The molecule has 1 saturated heterocycles. The van der Waals surface area contributed by atoms with Crippen LogP contribution in [0.4, 0.5) is 0 Å². The Morgan fingerprint density at radius 3 is 2.09 bits per heavy atom. The van der Waals surface area contributed by atoms with Gasteiger partial charge in [0.25, 0.3) is 11.8 Å². The van der Waals surface area contributed by atoms with Crippen LogP contribution in [0.5, 0.6) is 5.75 Å². The molecule has 0 aliphatic carbocycles. The molecule has 2 aromatic carbocycles. The minimum Gasteiger partial charge on any atom is -0.489 e. The first kappa shape index (κ1) is 25.9. The van der Waals surface area contributed by atoms with Crippen LogP contribution in [0.15, 0.2) is 67.3 Å². The number of carbonyl (C=O) groups excluding carboxylic acids is 2. The van der Waals surface area contributed by atoms with Gasteiger partial charge in [0, 0.05) is 11.1 Å². The van der Waals surface area contributed by atoms with Gasteiger partial charge < -0.3 is 9.16 Å². The molecule has 2 aromatic rings. The molecule has 3 rings (SSSR count). The van der Waals surface area contributed by atoms with Gasteiger partial charge in [-0.2, -0.15) is 0 Å². The maximum atomic E-state index is 13.6. The van der Waals surface area contributed by atoms with Crippen molar-refractivity contribution in [3.05, 3.63) is 78.4 Å². The minimum atomic E-state index is -2.38. The minimum absolute atomic E-state index is 0.281. The summed E-state index contributed by atoms with van der Waals surface area (Å²) in [5.74, 6) is 0.0290. The van der Waals surface area contributed by atoms with Crippen molar-refractivity contribution in [3.63, 3.8) is 0 Å². The maximum Gasteiger partial charge on any atom is 0.261 e. The van der Waals surface area contributed by atoms with E-state index in [1.165, 1.54) is 4.90 Å². The molecule has 0 saturated carbocycles. The number of nitrogens with zero attached hydrogens (tertiary/aromatic N) is 1. The average Bonchev–Trinajstić information content (AvgIpc) is 2.81. The maximum absolute atomic E-state index is 13.6. The molecule has 1 fully saturated rings. The third-order valence-corrected chi connectivity index (χ3v) is 13.0. The van der Waals surface area contributed by atoms with Crippen molar-refractivity contribution in [1.29, 1.82) is 0 Å². The third-order valence-electron chi connectivity index (χ3n) is 6.92. The number of hydrogen-bond acceptors (Lipinski definition) is 4. The van der Waals surface area contributed by atoms with Gasteiger partial charge in [0.2, 0.25) is 8.32 Å². The van der Waals surface area contributed by atoms with Gasteiger partial charge >= 0.3 is 0 Å². The van der Waals surface area contributed by atoms with Gasteiger partial charge in [0.1, 0.15) is 18.4 Å². The molecule has 6 heteroatoms. The smallest absolute Gasteiger partial charge is 0.261 e. The van der Waals surface area contributed by atoms with Crippen LogP contribution < -0.4 is 4.74 Å². The van der Waals surface area contributed by atoms with E-state index in [1.54, 1.807) is 30.3 Å². The number of β-lactam (4-membered cyclic amide) rings is 1. The first-order valence-electron chi connectivity index (χ1n) is 12.1. The highest BCUT2D eigenvalue weighted by atomic mass is 28.4. The first-order chi connectivity index (χ1) is 16.2. The van der Waals surface area contributed by atoms with Crippen LogP contribution in [0.3, 0.4) is 0 Å². The van der Waals surface area contributed by atoms with Crippen molar-refractivity contribution in [2.75, 3.05) is 6.61 Å². The van der Waals surface area contributed by atoms with E-state index in [2.05, 4.69) is 48.1 Å². The highest BCUT2D eigenvalue weighted by Gasteiger charge is 2.58. The average molecular weight is 480 g/mol. The van der Waals surface area contributed by atoms with E-state index >= 15 is 0 Å². The summed E-state index contributed by atoms with van der Waals surface area (Å²) >= 11 is 0. The summed E-state index contributed by atoms with van der Waals surface area (Å²) in [5, 5.41) is 0. The number of imide groups is 1. The zero-order valence-corrected chi connectivity index (χ0v) is 22.2. The van der Waals surface area contributed by atoms with Crippen molar-refractivity contribution < 1.29 is 18.8 Å². The number of benzene rings is 2. The molecule has 0 spiro atoms. The summed E-state index contributed by atoms with van der Waals surface area (Å²) in [6.45, 7) is 17.2. The van der Waals surface area contributed by atoms with Crippen molar-refractivity contribution >= 4 is 20.1 Å². The van der Waals surface area contributed by atoms with E-state index < -0.39 is 20.5 Å². The van der Waals surface area contributed by atoms with Gasteiger partial charge in [-0.15, -0.1) is 0 Å². The number of likely N-dealkylation sites (tertiary alicyclic amines) is 1. The van der Waals surface area contributed by atoms with Crippen molar-refractivity contribution in [3.8, 4) is 5.75 Å². The third kappa shape index (κ3) is 4.61. The molecular weight excluding hydrogens is 442 g/mol. The summed E-state index contributed by atoms with van der Waals surface area (Å²) in [5.41, 5.74) is 2.19. The lowest BCUT2D eigenvalue weighted by molar-refractivity contribution is -0.159. The van der Waals surface area contributed by atoms with E-state index in [-0.39, 0.29) is 11.8 Å². The lowest BCUT2D eigenvalue weighted by Crippen LogP contribution is -2.66. The summed E-state index contributed by atoms with van der Waals surface area (Å²) in [7, 11) is -2.38. The number of rotatable bonds is 10. The lowest BCUT2D eigenvalue weighted by atomic mass is 9.89. The van der Waals surface area contributed by atoms with Gasteiger partial charge in [-0.25, -0.2) is 0 Å². The molecule has 0 aromatic heterocycles. The summed E-state index contributed by atoms with van der Waals surface area (Å²) < 4.78 is 12.9. The van der Waals surface area contributed by atoms with Crippen LogP contribution in [0.25, 0.3) is 0 Å². The Hall–Kier alpha value is -2.70. The van der Waals surface area contributed by atoms with Crippen molar-refractivity contribution in [1.82, 2.24) is 4.90 Å². The molecule has 5 nitrogen and oxygen atoms in total. The second kappa shape index (κ2) is 10.7. The van der Waals surface area contributed by atoms with Gasteiger partial charge in [-0.3, -0.25) is 14.5 Å². The first-order valence-corrected chi connectivity index (χ1v) is 14.2. The second-order valence-corrected chi connectivity index (χ2v) is 15.2. The Labute approximate surface area is 204 Å². The van der Waals surface area contributed by atoms with Crippen LogP contribution in [0.2, 0.25) is 16.6 Å². The predicted molar refractivity (Wildman–Crippen MR) is 138 cm³/mol. The molecule has 0 N–H and O–H groups in total. The number of amides is 2. The fourth-order valence-corrected chi connectivity index (χ4v) is 10.9. The molecular formula is C28H37NO4Si. The monoisotopic (exact) mass is 479 g/mol. The predicted octanol–water partition coefficient (Wildman–Crippen LogP) is 6.54. The van der Waals surface area contributed by atoms with Crippen LogP contribution >= 0.6 is 0 Å². The molecule has 0 bridgehead atoms. The quantitative estimate of drug-likeness (QED) is 0.168. The normalized spacial score (nSPS) is 18.4. The van der Waals surface area contributed by atoms with Crippen molar-refractivity contribution in [2.24, 2.45) is 0 Å². The molecule has 2 amide bonds. The highest BCUT2D eigenvalue weighted by Crippen LogP contribution is 2.49. The Kier molecular flexibility index (Phi) is 8.15. The van der Waals surface area contributed by atoms with E-state index in [0.29, 0.717) is 34.5 Å².